The van der Waals surface area contributed by atoms with Crippen LogP contribution >= 0.6 is 0 Å². The van der Waals surface area contributed by atoms with Gasteiger partial charge in [0.1, 0.15) is 0 Å². The molecular formula is C14H24N2O4S. The third kappa shape index (κ3) is 2.96. The van der Waals surface area contributed by atoms with Gasteiger partial charge in [0.15, 0.2) is 0 Å². The van der Waals surface area contributed by atoms with Crippen LogP contribution in [0.3, 0.4) is 0 Å². The monoisotopic (exact) mass is 316 g/mol. The summed E-state index contributed by atoms with van der Waals surface area (Å²) in [6, 6.07) is 0. The van der Waals surface area contributed by atoms with Crippen LogP contribution in [0.2, 0.25) is 0 Å². The van der Waals surface area contributed by atoms with Crippen molar-refractivity contribution in [2.75, 3.05) is 26.2 Å². The number of hydrogen-bond acceptors (Lipinski definition) is 3. The van der Waals surface area contributed by atoms with Crippen molar-refractivity contribution in [3.05, 3.63) is 0 Å². The Bertz CT molecular complexity index is 511. The minimum Gasteiger partial charge on any atom is -0.481 e. The molecule has 21 heavy (non-hydrogen) atoms. The Balaban J connectivity index is 1.78. The maximum Gasteiger partial charge on any atom is 0.310 e. The lowest BCUT2D eigenvalue weighted by Gasteiger charge is -2.40. The van der Waals surface area contributed by atoms with Crippen LogP contribution in [-0.2, 0) is 15.0 Å². The lowest BCUT2D eigenvalue weighted by atomic mass is 9.76. The van der Waals surface area contributed by atoms with Crippen LogP contribution in [0.4, 0.5) is 0 Å². The van der Waals surface area contributed by atoms with E-state index in [4.69, 9.17) is 0 Å². The molecule has 0 radical (unpaired) electrons. The molecule has 3 fully saturated rings. The SMILES string of the molecule is O=C(O)C1(CC2CC2)CCCN(S(=O)(=O)N2CCCC2)C1. The summed E-state index contributed by atoms with van der Waals surface area (Å²) >= 11 is 0. The summed E-state index contributed by atoms with van der Waals surface area (Å²) in [4.78, 5) is 11.8. The molecule has 0 amide bonds. The molecule has 2 aliphatic heterocycles. The van der Waals surface area contributed by atoms with Crippen LogP contribution in [0, 0.1) is 11.3 Å². The van der Waals surface area contributed by atoms with Gasteiger partial charge in [-0.15, -0.1) is 0 Å². The summed E-state index contributed by atoms with van der Waals surface area (Å²) < 4.78 is 28.3. The van der Waals surface area contributed by atoms with Gasteiger partial charge in [-0.3, -0.25) is 4.79 Å². The Hall–Kier alpha value is -0.660. The first-order chi connectivity index (χ1) is 9.94. The average molecular weight is 316 g/mol. The molecule has 0 aromatic rings. The Morgan fingerprint density at radius 1 is 1.10 bits per heavy atom. The highest BCUT2D eigenvalue weighted by atomic mass is 32.2. The second kappa shape index (κ2) is 5.52. The highest BCUT2D eigenvalue weighted by molar-refractivity contribution is 7.86. The second-order valence-electron chi connectivity index (χ2n) is 6.78. The summed E-state index contributed by atoms with van der Waals surface area (Å²) in [7, 11) is -3.48. The Labute approximate surface area is 126 Å². The second-order valence-corrected chi connectivity index (χ2v) is 8.71. The minimum absolute atomic E-state index is 0.150. The maximum absolute atomic E-state index is 12.7. The summed E-state index contributed by atoms with van der Waals surface area (Å²) in [5, 5.41) is 9.68. The molecule has 0 bridgehead atoms. The van der Waals surface area contributed by atoms with Gasteiger partial charge in [0.05, 0.1) is 5.41 Å². The zero-order valence-electron chi connectivity index (χ0n) is 12.3. The smallest absolute Gasteiger partial charge is 0.310 e. The van der Waals surface area contributed by atoms with Crippen LogP contribution in [-0.4, -0.2) is 54.3 Å². The molecule has 3 rings (SSSR count). The fourth-order valence-electron chi connectivity index (χ4n) is 3.67. The van der Waals surface area contributed by atoms with Gasteiger partial charge >= 0.3 is 5.97 Å². The van der Waals surface area contributed by atoms with Crippen LogP contribution in [0.5, 0.6) is 0 Å². The van der Waals surface area contributed by atoms with Crippen LogP contribution < -0.4 is 0 Å². The number of nitrogens with zero attached hydrogens (tertiary/aromatic N) is 2. The zero-order valence-corrected chi connectivity index (χ0v) is 13.1. The largest absolute Gasteiger partial charge is 0.481 e. The van der Waals surface area contributed by atoms with Crippen molar-refractivity contribution < 1.29 is 18.3 Å². The van der Waals surface area contributed by atoms with Crippen molar-refractivity contribution in [1.82, 2.24) is 8.61 Å². The lowest BCUT2D eigenvalue weighted by Crippen LogP contribution is -2.53. The highest BCUT2D eigenvalue weighted by Crippen LogP contribution is 2.45. The predicted octanol–water partition coefficient (Wildman–Crippen LogP) is 1.29. The fourth-order valence-corrected chi connectivity index (χ4v) is 5.49. The van der Waals surface area contributed by atoms with E-state index < -0.39 is 21.6 Å². The molecule has 1 saturated carbocycles. The molecule has 120 valence electrons. The van der Waals surface area contributed by atoms with Gasteiger partial charge in [-0.05, 0) is 38.0 Å². The van der Waals surface area contributed by atoms with E-state index in [-0.39, 0.29) is 6.54 Å². The highest BCUT2D eigenvalue weighted by Gasteiger charge is 2.49. The fraction of sp³-hybridized carbons (Fsp3) is 0.929. The first-order valence-electron chi connectivity index (χ1n) is 7.93. The van der Waals surface area contributed by atoms with Gasteiger partial charge in [0.2, 0.25) is 0 Å². The first-order valence-corrected chi connectivity index (χ1v) is 9.32. The van der Waals surface area contributed by atoms with E-state index in [2.05, 4.69) is 0 Å². The summed E-state index contributed by atoms with van der Waals surface area (Å²) in [5.41, 5.74) is -0.869. The number of carboxylic acid groups (broad SMARTS) is 1. The van der Waals surface area contributed by atoms with Crippen molar-refractivity contribution in [3.8, 4) is 0 Å². The van der Waals surface area contributed by atoms with Crippen molar-refractivity contribution in [1.29, 1.82) is 0 Å². The van der Waals surface area contributed by atoms with Gasteiger partial charge in [0, 0.05) is 26.2 Å². The summed E-state index contributed by atoms with van der Waals surface area (Å²) in [6.07, 6.45) is 5.87. The van der Waals surface area contributed by atoms with Crippen LogP contribution in [0.15, 0.2) is 0 Å². The molecule has 0 aromatic carbocycles. The normalized spacial score (nSPS) is 32.4. The molecule has 1 aliphatic carbocycles. The van der Waals surface area contributed by atoms with E-state index in [1.54, 1.807) is 0 Å². The van der Waals surface area contributed by atoms with E-state index in [9.17, 15) is 18.3 Å². The molecule has 1 unspecified atom stereocenters. The molecule has 2 heterocycles. The summed E-state index contributed by atoms with van der Waals surface area (Å²) in [5.74, 6) is -0.341. The first kappa shape index (κ1) is 15.2. The molecule has 3 aliphatic rings. The van der Waals surface area contributed by atoms with Crippen LogP contribution in [0.25, 0.3) is 0 Å². The number of hydrogen-bond donors (Lipinski definition) is 1. The van der Waals surface area contributed by atoms with Crippen molar-refractivity contribution in [2.45, 2.75) is 44.9 Å². The molecule has 7 heteroatoms. The third-order valence-electron chi connectivity index (χ3n) is 5.09. The number of aliphatic carboxylic acids is 1. The number of carboxylic acids is 1. The van der Waals surface area contributed by atoms with Gasteiger partial charge in [-0.2, -0.15) is 17.0 Å². The van der Waals surface area contributed by atoms with Gasteiger partial charge < -0.3 is 5.11 Å². The zero-order chi connectivity index (χ0) is 15.1. The standard InChI is InChI=1S/C14H24N2O4S/c17-13(18)14(10-12-4-5-12)6-3-9-16(11-14)21(19,20)15-7-1-2-8-15/h12H,1-11H2,(H,17,18). The number of rotatable bonds is 5. The molecule has 2 saturated heterocycles. The van der Waals surface area contributed by atoms with E-state index in [0.29, 0.717) is 44.8 Å². The molecule has 0 aromatic heterocycles. The van der Waals surface area contributed by atoms with E-state index in [0.717, 1.165) is 25.7 Å². The molecule has 6 nitrogen and oxygen atoms in total. The average Bonchev–Trinajstić information content (AvgIpc) is 3.07. The molecular weight excluding hydrogens is 292 g/mol. The van der Waals surface area contributed by atoms with E-state index in [1.165, 1.54) is 8.61 Å². The van der Waals surface area contributed by atoms with E-state index in [1.807, 2.05) is 0 Å². The van der Waals surface area contributed by atoms with Crippen LogP contribution in [0.1, 0.15) is 44.9 Å². The number of piperidine rings is 1. The van der Waals surface area contributed by atoms with Gasteiger partial charge in [-0.25, -0.2) is 0 Å². The van der Waals surface area contributed by atoms with Crippen molar-refractivity contribution in [2.24, 2.45) is 11.3 Å². The molecule has 1 atom stereocenters. The maximum atomic E-state index is 12.7. The predicted molar refractivity (Wildman–Crippen MR) is 77.9 cm³/mol. The Kier molecular flexibility index (Phi) is 4.00. The lowest BCUT2D eigenvalue weighted by molar-refractivity contribution is -0.152. The van der Waals surface area contributed by atoms with Crippen molar-refractivity contribution in [3.63, 3.8) is 0 Å². The Morgan fingerprint density at radius 3 is 2.29 bits per heavy atom. The molecule has 1 N–H and O–H groups in total. The van der Waals surface area contributed by atoms with Crippen molar-refractivity contribution >= 4 is 16.2 Å². The minimum atomic E-state index is -3.48. The summed E-state index contributed by atoms with van der Waals surface area (Å²) in [6.45, 7) is 1.75. The Morgan fingerprint density at radius 2 is 1.71 bits per heavy atom. The molecule has 0 spiro atoms. The van der Waals surface area contributed by atoms with Gasteiger partial charge in [-0.1, -0.05) is 12.8 Å². The topological polar surface area (TPSA) is 77.9 Å². The third-order valence-corrected chi connectivity index (χ3v) is 7.07. The van der Waals surface area contributed by atoms with Gasteiger partial charge in [0.25, 0.3) is 10.2 Å². The quantitative estimate of drug-likeness (QED) is 0.829. The number of carbonyl (C=O) groups is 1. The van der Waals surface area contributed by atoms with E-state index >= 15 is 0 Å².